The molecule has 4 rings (SSSR count). The lowest BCUT2D eigenvalue weighted by molar-refractivity contribution is -0.0514. The minimum absolute atomic E-state index is 0.0888. The Morgan fingerprint density at radius 3 is 2.70 bits per heavy atom. The molecule has 0 fully saturated rings. The zero-order valence-electron chi connectivity index (χ0n) is 17.6. The van der Waals surface area contributed by atoms with Gasteiger partial charge < -0.3 is 14.8 Å². The molecule has 1 amide bonds. The lowest BCUT2D eigenvalue weighted by Gasteiger charge is -2.13. The number of hydrogen-bond acceptors (Lipinski definition) is 6. The minimum atomic E-state index is -2.99. The highest BCUT2D eigenvalue weighted by Crippen LogP contribution is 2.32. The summed E-state index contributed by atoms with van der Waals surface area (Å²) in [6, 6.07) is 7.45. The van der Waals surface area contributed by atoms with Crippen LogP contribution in [0.2, 0.25) is 0 Å². The first-order valence-electron chi connectivity index (χ1n) is 10.0. The van der Waals surface area contributed by atoms with Gasteiger partial charge in [0.2, 0.25) is 0 Å². The smallest absolute Gasteiger partial charge is 0.387 e. The van der Waals surface area contributed by atoms with Crippen molar-refractivity contribution in [3.8, 4) is 22.9 Å². The van der Waals surface area contributed by atoms with E-state index in [1.807, 2.05) is 13.1 Å². The molecule has 33 heavy (non-hydrogen) atoms. The number of hydrogen-bond donors (Lipinski definition) is 1. The number of fused-ring (bicyclic) bond motifs is 1. The van der Waals surface area contributed by atoms with Crippen LogP contribution in [0.15, 0.2) is 47.2 Å². The van der Waals surface area contributed by atoms with E-state index < -0.39 is 12.5 Å². The minimum Gasteiger partial charge on any atom is -0.490 e. The van der Waals surface area contributed by atoms with Crippen LogP contribution in [0.3, 0.4) is 0 Å². The third-order valence-corrected chi connectivity index (χ3v) is 5.17. The molecule has 0 bridgehead atoms. The van der Waals surface area contributed by atoms with Crippen LogP contribution in [0.25, 0.3) is 17.0 Å². The molecule has 172 valence electrons. The van der Waals surface area contributed by atoms with Crippen molar-refractivity contribution in [1.29, 1.82) is 0 Å². The van der Waals surface area contributed by atoms with Gasteiger partial charge in [-0.3, -0.25) is 9.48 Å². The number of carbonyl (C=O) groups excluding carboxylic acids is 1. The summed E-state index contributed by atoms with van der Waals surface area (Å²) in [5.74, 6) is -0.538. The van der Waals surface area contributed by atoms with Gasteiger partial charge in [0.15, 0.2) is 22.8 Å². The number of carbonyl (C=O) groups is 1. The normalized spacial score (nSPS) is 11.2. The van der Waals surface area contributed by atoms with Gasteiger partial charge in [0.1, 0.15) is 5.69 Å². The summed E-state index contributed by atoms with van der Waals surface area (Å²) in [6.07, 6.45) is 3.47. The molecule has 0 saturated carbocycles. The Morgan fingerprint density at radius 2 is 2.00 bits per heavy atom. The molecule has 0 saturated heterocycles. The molecule has 3 aromatic heterocycles. The number of nitrogens with zero attached hydrogens (tertiary/aromatic N) is 5. The van der Waals surface area contributed by atoms with E-state index in [-0.39, 0.29) is 23.8 Å². The number of ether oxygens (including phenoxy) is 2. The van der Waals surface area contributed by atoms with E-state index >= 15 is 0 Å². The van der Waals surface area contributed by atoms with Crippen molar-refractivity contribution in [1.82, 2.24) is 24.4 Å². The third-order valence-electron chi connectivity index (χ3n) is 4.59. The second kappa shape index (κ2) is 9.53. The fraction of sp³-hybridized carbons (Fsp3) is 0.238. The Bertz CT molecular complexity index is 1310. The summed E-state index contributed by atoms with van der Waals surface area (Å²) >= 11 is 3.51. The van der Waals surface area contributed by atoms with Gasteiger partial charge in [-0.15, -0.1) is 0 Å². The number of nitrogens with one attached hydrogen (secondary N) is 1. The fourth-order valence-electron chi connectivity index (χ4n) is 3.16. The average molecular weight is 521 g/mol. The number of anilines is 1. The molecule has 0 radical (unpaired) electrons. The number of alkyl halides is 2. The first-order valence-corrected chi connectivity index (χ1v) is 10.8. The summed E-state index contributed by atoms with van der Waals surface area (Å²) < 4.78 is 39.1. The van der Waals surface area contributed by atoms with E-state index in [0.29, 0.717) is 29.3 Å². The SMILES string of the molecule is CCOc1cc(NC(=O)c2cc3nccc(-c4nn(CC)cc4Br)n3n2)ccc1OC(F)F. The second-order valence-corrected chi connectivity index (χ2v) is 7.59. The molecule has 0 atom stereocenters. The number of halogens is 3. The highest BCUT2D eigenvalue weighted by atomic mass is 79.9. The summed E-state index contributed by atoms with van der Waals surface area (Å²) in [7, 11) is 0. The molecule has 0 aliphatic heterocycles. The third kappa shape index (κ3) is 4.80. The van der Waals surface area contributed by atoms with Crippen molar-refractivity contribution >= 4 is 33.2 Å². The van der Waals surface area contributed by atoms with Gasteiger partial charge in [0.25, 0.3) is 5.91 Å². The first-order chi connectivity index (χ1) is 15.9. The van der Waals surface area contributed by atoms with Gasteiger partial charge in [0, 0.05) is 36.8 Å². The molecule has 0 aliphatic carbocycles. The Kier molecular flexibility index (Phi) is 6.54. The topological polar surface area (TPSA) is 95.6 Å². The van der Waals surface area contributed by atoms with Crippen LogP contribution in [0.1, 0.15) is 24.3 Å². The molecular formula is C21H19BrF2N6O3. The molecule has 0 unspecified atom stereocenters. The van der Waals surface area contributed by atoms with Crippen molar-refractivity contribution in [3.05, 3.63) is 52.9 Å². The second-order valence-electron chi connectivity index (χ2n) is 6.74. The van der Waals surface area contributed by atoms with Crippen molar-refractivity contribution in [2.45, 2.75) is 27.0 Å². The zero-order valence-corrected chi connectivity index (χ0v) is 19.2. The highest BCUT2D eigenvalue weighted by molar-refractivity contribution is 9.10. The Hall–Kier alpha value is -3.54. The molecule has 12 heteroatoms. The maximum Gasteiger partial charge on any atom is 0.387 e. The lowest BCUT2D eigenvalue weighted by atomic mass is 10.2. The Morgan fingerprint density at radius 1 is 1.18 bits per heavy atom. The van der Waals surface area contributed by atoms with Crippen LogP contribution >= 0.6 is 15.9 Å². The van der Waals surface area contributed by atoms with Crippen molar-refractivity contribution in [2.75, 3.05) is 11.9 Å². The van der Waals surface area contributed by atoms with Gasteiger partial charge in [-0.05, 0) is 48.0 Å². The van der Waals surface area contributed by atoms with Crippen LogP contribution in [0, 0.1) is 0 Å². The van der Waals surface area contributed by atoms with E-state index in [2.05, 4.69) is 41.2 Å². The average Bonchev–Trinajstić information content (AvgIpc) is 3.38. The maximum absolute atomic E-state index is 12.8. The van der Waals surface area contributed by atoms with Gasteiger partial charge in [-0.25, -0.2) is 9.50 Å². The summed E-state index contributed by atoms with van der Waals surface area (Å²) in [5.41, 5.74) is 2.23. The van der Waals surface area contributed by atoms with Crippen LogP contribution in [-0.4, -0.2) is 43.5 Å². The van der Waals surface area contributed by atoms with Crippen LogP contribution in [0.4, 0.5) is 14.5 Å². The van der Waals surface area contributed by atoms with E-state index in [1.54, 1.807) is 29.9 Å². The number of aryl methyl sites for hydroxylation is 1. The molecule has 1 aromatic carbocycles. The molecular weight excluding hydrogens is 502 g/mol. The van der Waals surface area contributed by atoms with Gasteiger partial charge >= 0.3 is 6.61 Å². The van der Waals surface area contributed by atoms with Crippen molar-refractivity contribution in [2.24, 2.45) is 0 Å². The monoisotopic (exact) mass is 520 g/mol. The zero-order chi connectivity index (χ0) is 23.5. The summed E-state index contributed by atoms with van der Waals surface area (Å²) in [6.45, 7) is 1.63. The summed E-state index contributed by atoms with van der Waals surface area (Å²) in [4.78, 5) is 17.1. The van der Waals surface area contributed by atoms with Crippen molar-refractivity contribution in [3.63, 3.8) is 0 Å². The lowest BCUT2D eigenvalue weighted by Crippen LogP contribution is -2.13. The molecule has 0 spiro atoms. The maximum atomic E-state index is 12.8. The number of aromatic nitrogens is 5. The van der Waals surface area contributed by atoms with E-state index in [1.165, 1.54) is 22.7 Å². The highest BCUT2D eigenvalue weighted by Gasteiger charge is 2.18. The number of rotatable bonds is 8. The molecule has 4 aromatic rings. The van der Waals surface area contributed by atoms with Gasteiger partial charge in [-0.2, -0.15) is 19.0 Å². The standard InChI is InChI=1S/C21H19BrF2N6O3/c1-3-29-11-13(22)19(28-29)15-7-8-25-18-10-14(27-30(15)18)20(31)26-12-5-6-16(33-21(23)24)17(9-12)32-4-2/h5-11,21H,3-4H2,1-2H3,(H,26,31). The van der Waals surface area contributed by atoms with E-state index in [0.717, 1.165) is 4.47 Å². The Balaban J connectivity index is 1.63. The fourth-order valence-corrected chi connectivity index (χ4v) is 3.68. The quantitative estimate of drug-likeness (QED) is 0.364. The van der Waals surface area contributed by atoms with Crippen LogP contribution in [-0.2, 0) is 6.54 Å². The van der Waals surface area contributed by atoms with E-state index in [9.17, 15) is 13.6 Å². The van der Waals surface area contributed by atoms with Gasteiger partial charge in [0.05, 0.1) is 16.8 Å². The largest absolute Gasteiger partial charge is 0.490 e. The molecule has 1 N–H and O–H groups in total. The summed E-state index contributed by atoms with van der Waals surface area (Å²) in [5, 5.41) is 11.6. The van der Waals surface area contributed by atoms with Crippen LogP contribution < -0.4 is 14.8 Å². The van der Waals surface area contributed by atoms with Crippen LogP contribution in [0.5, 0.6) is 11.5 Å². The predicted molar refractivity (Wildman–Crippen MR) is 120 cm³/mol. The van der Waals surface area contributed by atoms with E-state index in [4.69, 9.17) is 4.74 Å². The van der Waals surface area contributed by atoms with Crippen molar-refractivity contribution < 1.29 is 23.0 Å². The molecule has 3 heterocycles. The Labute approximate surface area is 195 Å². The molecule has 0 aliphatic rings. The molecule has 9 nitrogen and oxygen atoms in total. The number of amides is 1. The number of benzene rings is 1. The van der Waals surface area contributed by atoms with Gasteiger partial charge in [-0.1, -0.05) is 0 Å². The first kappa shape index (κ1) is 22.6. The predicted octanol–water partition coefficient (Wildman–Crippen LogP) is 4.63.